The zero-order valence-corrected chi connectivity index (χ0v) is 16.6. The second-order valence-electron chi connectivity index (χ2n) is 6.85. The Labute approximate surface area is 170 Å². The number of nitrogens with one attached hydrogen (secondary N) is 2. The van der Waals surface area contributed by atoms with E-state index in [1.165, 1.54) is 0 Å². The van der Waals surface area contributed by atoms with E-state index in [1.54, 1.807) is 24.3 Å². The van der Waals surface area contributed by atoms with Crippen LogP contribution in [0.3, 0.4) is 0 Å². The molecule has 5 heteroatoms. The van der Waals surface area contributed by atoms with Crippen molar-refractivity contribution in [2.45, 2.75) is 20.4 Å². The highest BCUT2D eigenvalue weighted by Gasteiger charge is 2.09. The second-order valence-corrected chi connectivity index (χ2v) is 6.85. The van der Waals surface area contributed by atoms with Crippen LogP contribution in [-0.2, 0) is 11.3 Å². The van der Waals surface area contributed by atoms with Crippen molar-refractivity contribution in [3.63, 3.8) is 0 Å². The van der Waals surface area contributed by atoms with Gasteiger partial charge in [0.25, 0.3) is 11.8 Å². The third-order valence-corrected chi connectivity index (χ3v) is 4.42. The molecule has 0 bridgehead atoms. The molecule has 0 saturated heterocycles. The van der Waals surface area contributed by atoms with Crippen LogP contribution in [0.2, 0.25) is 0 Å². The van der Waals surface area contributed by atoms with Crippen LogP contribution in [-0.4, -0.2) is 18.4 Å². The summed E-state index contributed by atoms with van der Waals surface area (Å²) >= 11 is 0. The molecular weight excluding hydrogens is 364 g/mol. The lowest BCUT2D eigenvalue weighted by atomic mass is 10.1. The van der Waals surface area contributed by atoms with Crippen molar-refractivity contribution in [2.75, 3.05) is 11.9 Å². The van der Waals surface area contributed by atoms with E-state index in [0.717, 1.165) is 22.4 Å². The Kier molecular flexibility index (Phi) is 6.63. The van der Waals surface area contributed by atoms with Gasteiger partial charge >= 0.3 is 0 Å². The number of amides is 2. The summed E-state index contributed by atoms with van der Waals surface area (Å²) in [4.78, 5) is 24.6. The lowest BCUT2D eigenvalue weighted by Crippen LogP contribution is -2.23. The van der Waals surface area contributed by atoms with E-state index >= 15 is 0 Å². The molecule has 0 unspecified atom stereocenters. The summed E-state index contributed by atoms with van der Waals surface area (Å²) in [5, 5.41) is 5.72. The number of hydrogen-bond acceptors (Lipinski definition) is 3. The molecule has 3 rings (SSSR count). The van der Waals surface area contributed by atoms with Crippen molar-refractivity contribution in [1.82, 2.24) is 5.32 Å². The van der Waals surface area contributed by atoms with Gasteiger partial charge in [0.15, 0.2) is 6.61 Å². The summed E-state index contributed by atoms with van der Waals surface area (Å²) in [5.41, 5.74) is 4.40. The molecular formula is C24H24N2O3. The van der Waals surface area contributed by atoms with Crippen molar-refractivity contribution < 1.29 is 14.3 Å². The number of ether oxygens (including phenoxy) is 1. The van der Waals surface area contributed by atoms with Gasteiger partial charge < -0.3 is 15.4 Å². The first-order valence-corrected chi connectivity index (χ1v) is 9.43. The number of carbonyl (C=O) groups is 2. The topological polar surface area (TPSA) is 67.4 Å². The van der Waals surface area contributed by atoms with E-state index < -0.39 is 0 Å². The number of rotatable bonds is 7. The Morgan fingerprint density at radius 1 is 0.897 bits per heavy atom. The molecule has 0 radical (unpaired) electrons. The van der Waals surface area contributed by atoms with Crippen LogP contribution in [0.1, 0.15) is 27.0 Å². The van der Waals surface area contributed by atoms with Gasteiger partial charge in [-0.25, -0.2) is 0 Å². The zero-order chi connectivity index (χ0) is 20.6. The highest BCUT2D eigenvalue weighted by molar-refractivity contribution is 5.95. The molecule has 2 amide bonds. The monoisotopic (exact) mass is 388 g/mol. The number of aryl methyl sites for hydroxylation is 2. The molecule has 148 valence electrons. The minimum absolute atomic E-state index is 0.137. The summed E-state index contributed by atoms with van der Waals surface area (Å²) in [7, 11) is 0. The number of benzene rings is 3. The maximum atomic E-state index is 12.4. The van der Waals surface area contributed by atoms with Gasteiger partial charge in [-0.15, -0.1) is 0 Å². The van der Waals surface area contributed by atoms with Crippen LogP contribution < -0.4 is 15.4 Å². The maximum Gasteiger partial charge on any atom is 0.262 e. The van der Waals surface area contributed by atoms with Crippen molar-refractivity contribution in [1.29, 1.82) is 0 Å². The summed E-state index contributed by atoms with van der Waals surface area (Å²) in [5.74, 6) is 0.0167. The SMILES string of the molecule is Cc1ccc(NC(=O)COc2cccc(C(=O)NCc3ccccc3)c2)c(C)c1. The van der Waals surface area contributed by atoms with Gasteiger partial charge in [-0.1, -0.05) is 54.1 Å². The summed E-state index contributed by atoms with van der Waals surface area (Å²) in [6, 6.07) is 22.3. The van der Waals surface area contributed by atoms with E-state index in [1.807, 2.05) is 62.4 Å². The highest BCUT2D eigenvalue weighted by Crippen LogP contribution is 2.17. The van der Waals surface area contributed by atoms with Crippen molar-refractivity contribution in [3.8, 4) is 5.75 Å². The largest absolute Gasteiger partial charge is 0.484 e. The summed E-state index contributed by atoms with van der Waals surface area (Å²) < 4.78 is 5.57. The van der Waals surface area contributed by atoms with Crippen molar-refractivity contribution in [2.24, 2.45) is 0 Å². The van der Waals surface area contributed by atoms with Gasteiger partial charge in [-0.2, -0.15) is 0 Å². The first kappa shape index (κ1) is 20.1. The predicted octanol–water partition coefficient (Wildman–Crippen LogP) is 4.25. The lowest BCUT2D eigenvalue weighted by Gasteiger charge is -2.11. The third-order valence-electron chi connectivity index (χ3n) is 4.42. The average molecular weight is 388 g/mol. The molecule has 29 heavy (non-hydrogen) atoms. The van der Waals surface area contributed by atoms with Crippen LogP contribution in [0, 0.1) is 13.8 Å². The second kappa shape index (κ2) is 9.55. The molecule has 0 saturated carbocycles. The molecule has 0 aliphatic heterocycles. The minimum Gasteiger partial charge on any atom is -0.484 e. The Bertz CT molecular complexity index is 1000. The highest BCUT2D eigenvalue weighted by atomic mass is 16.5. The number of anilines is 1. The van der Waals surface area contributed by atoms with Gasteiger partial charge in [0, 0.05) is 17.8 Å². The number of carbonyl (C=O) groups excluding carboxylic acids is 2. The van der Waals surface area contributed by atoms with Crippen LogP contribution >= 0.6 is 0 Å². The zero-order valence-electron chi connectivity index (χ0n) is 16.6. The van der Waals surface area contributed by atoms with E-state index in [4.69, 9.17) is 4.74 Å². The Morgan fingerprint density at radius 3 is 2.45 bits per heavy atom. The Hall–Kier alpha value is -3.60. The Morgan fingerprint density at radius 2 is 1.69 bits per heavy atom. The smallest absolute Gasteiger partial charge is 0.262 e. The predicted molar refractivity (Wildman–Crippen MR) is 114 cm³/mol. The molecule has 0 aliphatic rings. The van der Waals surface area contributed by atoms with Crippen LogP contribution in [0.25, 0.3) is 0 Å². The fraction of sp³-hybridized carbons (Fsp3) is 0.167. The van der Waals surface area contributed by atoms with Gasteiger partial charge in [-0.3, -0.25) is 9.59 Å². The summed E-state index contributed by atoms with van der Waals surface area (Å²) in [6.45, 7) is 4.26. The van der Waals surface area contributed by atoms with Crippen LogP contribution in [0.15, 0.2) is 72.8 Å². The minimum atomic E-state index is -0.254. The van der Waals surface area contributed by atoms with Gasteiger partial charge in [0.2, 0.25) is 0 Å². The normalized spacial score (nSPS) is 10.3. The lowest BCUT2D eigenvalue weighted by molar-refractivity contribution is -0.118. The van der Waals surface area contributed by atoms with E-state index in [9.17, 15) is 9.59 Å². The number of hydrogen-bond donors (Lipinski definition) is 2. The molecule has 0 heterocycles. The van der Waals surface area contributed by atoms with E-state index in [-0.39, 0.29) is 18.4 Å². The van der Waals surface area contributed by atoms with Gasteiger partial charge in [0.05, 0.1) is 0 Å². The van der Waals surface area contributed by atoms with Gasteiger partial charge in [-0.05, 0) is 49.2 Å². The third kappa shape index (κ3) is 5.94. The van der Waals surface area contributed by atoms with Crippen LogP contribution in [0.4, 0.5) is 5.69 Å². The van der Waals surface area contributed by atoms with E-state index in [0.29, 0.717) is 17.9 Å². The fourth-order valence-electron chi connectivity index (χ4n) is 2.90. The van der Waals surface area contributed by atoms with Gasteiger partial charge in [0.1, 0.15) is 5.75 Å². The molecule has 0 aliphatic carbocycles. The molecule has 2 N–H and O–H groups in total. The summed E-state index contributed by atoms with van der Waals surface area (Å²) in [6.07, 6.45) is 0. The molecule has 5 nitrogen and oxygen atoms in total. The molecule has 0 fully saturated rings. The Balaban J connectivity index is 1.53. The molecule has 0 spiro atoms. The van der Waals surface area contributed by atoms with Crippen LogP contribution in [0.5, 0.6) is 5.75 Å². The molecule has 3 aromatic carbocycles. The first-order chi connectivity index (χ1) is 14.0. The maximum absolute atomic E-state index is 12.4. The fourth-order valence-corrected chi connectivity index (χ4v) is 2.90. The average Bonchev–Trinajstić information content (AvgIpc) is 2.73. The van der Waals surface area contributed by atoms with E-state index in [2.05, 4.69) is 10.6 Å². The standard InChI is InChI=1S/C24H24N2O3/c1-17-11-12-22(18(2)13-17)26-23(27)16-29-21-10-6-9-20(14-21)24(28)25-15-19-7-4-3-5-8-19/h3-14H,15-16H2,1-2H3,(H,25,28)(H,26,27). The first-order valence-electron chi connectivity index (χ1n) is 9.43. The van der Waals surface area contributed by atoms with Crippen molar-refractivity contribution in [3.05, 3.63) is 95.1 Å². The molecule has 3 aromatic rings. The molecule has 0 aromatic heterocycles. The van der Waals surface area contributed by atoms with Crippen molar-refractivity contribution >= 4 is 17.5 Å². The quantitative estimate of drug-likeness (QED) is 0.636. The molecule has 0 atom stereocenters.